The van der Waals surface area contributed by atoms with E-state index in [9.17, 15) is 19.2 Å². The second-order valence-corrected chi connectivity index (χ2v) is 9.11. The summed E-state index contributed by atoms with van der Waals surface area (Å²) in [7, 11) is 0. The van der Waals surface area contributed by atoms with Crippen LogP contribution in [0.25, 0.3) is 0 Å². The summed E-state index contributed by atoms with van der Waals surface area (Å²) < 4.78 is 5.21. The summed E-state index contributed by atoms with van der Waals surface area (Å²) in [6.45, 7) is 5.79. The Morgan fingerprint density at radius 3 is 2.29 bits per heavy atom. The van der Waals surface area contributed by atoms with E-state index < -0.39 is 17.8 Å². The summed E-state index contributed by atoms with van der Waals surface area (Å²) in [5.74, 6) is -2.22. The Balaban J connectivity index is 1.56. The molecule has 0 unspecified atom stereocenters. The Bertz CT molecular complexity index is 1430. The van der Waals surface area contributed by atoms with Crippen molar-refractivity contribution in [2.24, 2.45) is 0 Å². The molecule has 3 aromatic rings. The maximum absolute atomic E-state index is 13.3. The molecule has 38 heavy (non-hydrogen) atoms. The van der Waals surface area contributed by atoms with Gasteiger partial charge in [0.15, 0.2) is 0 Å². The fourth-order valence-corrected chi connectivity index (χ4v) is 4.19. The molecule has 194 valence electrons. The van der Waals surface area contributed by atoms with Crippen LogP contribution < -0.4 is 15.1 Å². The van der Waals surface area contributed by atoms with Gasteiger partial charge in [0.05, 0.1) is 17.4 Å². The number of hydrogen-bond donors (Lipinski definition) is 1. The molecule has 4 rings (SSSR count). The molecule has 9 heteroatoms. The predicted molar refractivity (Wildman–Crippen MR) is 146 cm³/mol. The molecule has 3 aromatic carbocycles. The van der Waals surface area contributed by atoms with Gasteiger partial charge in [-0.25, -0.2) is 9.69 Å². The molecular formula is C29H26ClN3O5. The van der Waals surface area contributed by atoms with Gasteiger partial charge in [-0.1, -0.05) is 41.9 Å². The fourth-order valence-electron chi connectivity index (χ4n) is 3.98. The zero-order chi connectivity index (χ0) is 27.4. The standard InChI is InChI=1S/C29H26ClN3O5/c1-4-32(22-13-6-5-7-14-22)26(34)19-10-8-12-21(16-19)31-25-24(30)27(35)33(28(25)36)23-15-9-11-20(17-23)29(37)38-18(2)3/h5-18,31H,4H2,1-3H3. The van der Waals surface area contributed by atoms with Crippen molar-refractivity contribution in [2.75, 3.05) is 21.7 Å². The number of carbonyl (C=O) groups excluding carboxylic acids is 4. The fraction of sp³-hybridized carbons (Fsp3) is 0.172. The maximum atomic E-state index is 13.3. The van der Waals surface area contributed by atoms with Gasteiger partial charge in [-0.3, -0.25) is 14.4 Å². The summed E-state index contributed by atoms with van der Waals surface area (Å²) in [6.07, 6.45) is -0.326. The minimum atomic E-state index is -0.734. The lowest BCUT2D eigenvalue weighted by Gasteiger charge is -2.21. The van der Waals surface area contributed by atoms with E-state index in [1.807, 2.05) is 37.3 Å². The summed E-state index contributed by atoms with van der Waals surface area (Å²) in [6, 6.07) is 21.9. The Morgan fingerprint density at radius 2 is 1.61 bits per heavy atom. The van der Waals surface area contributed by atoms with Gasteiger partial charge in [0.1, 0.15) is 10.7 Å². The lowest BCUT2D eigenvalue weighted by Crippen LogP contribution is -2.32. The smallest absolute Gasteiger partial charge is 0.338 e. The highest BCUT2D eigenvalue weighted by atomic mass is 35.5. The molecule has 0 atom stereocenters. The molecule has 0 aliphatic carbocycles. The van der Waals surface area contributed by atoms with Crippen molar-refractivity contribution in [1.29, 1.82) is 0 Å². The number of anilines is 3. The van der Waals surface area contributed by atoms with Crippen molar-refractivity contribution in [3.8, 4) is 0 Å². The average molecular weight is 532 g/mol. The lowest BCUT2D eigenvalue weighted by atomic mass is 10.1. The minimum absolute atomic E-state index is 0.133. The van der Waals surface area contributed by atoms with Crippen LogP contribution in [-0.2, 0) is 14.3 Å². The number of carbonyl (C=O) groups is 4. The minimum Gasteiger partial charge on any atom is -0.459 e. The zero-order valence-corrected chi connectivity index (χ0v) is 21.9. The lowest BCUT2D eigenvalue weighted by molar-refractivity contribution is -0.120. The first-order chi connectivity index (χ1) is 18.2. The van der Waals surface area contributed by atoms with Crippen molar-refractivity contribution in [3.05, 3.63) is 101 Å². The predicted octanol–water partition coefficient (Wildman–Crippen LogP) is 5.35. The maximum Gasteiger partial charge on any atom is 0.338 e. The normalized spacial score (nSPS) is 13.2. The highest BCUT2D eigenvalue weighted by Crippen LogP contribution is 2.31. The van der Waals surface area contributed by atoms with Gasteiger partial charge in [0.25, 0.3) is 17.7 Å². The highest BCUT2D eigenvalue weighted by Gasteiger charge is 2.39. The van der Waals surface area contributed by atoms with E-state index in [1.165, 1.54) is 18.2 Å². The molecule has 3 amide bonds. The van der Waals surface area contributed by atoms with Crippen LogP contribution in [-0.4, -0.2) is 36.3 Å². The van der Waals surface area contributed by atoms with Crippen molar-refractivity contribution < 1.29 is 23.9 Å². The molecular weight excluding hydrogens is 506 g/mol. The molecule has 1 aliphatic rings. The summed E-state index contributed by atoms with van der Waals surface area (Å²) >= 11 is 6.28. The van der Waals surface area contributed by atoms with E-state index in [0.717, 1.165) is 10.6 Å². The molecule has 8 nitrogen and oxygen atoms in total. The number of benzene rings is 3. The molecule has 0 saturated heterocycles. The van der Waals surface area contributed by atoms with Gasteiger partial charge in [-0.15, -0.1) is 0 Å². The Kier molecular flexibility index (Phi) is 7.93. The van der Waals surface area contributed by atoms with Crippen molar-refractivity contribution >= 4 is 52.4 Å². The third-order valence-corrected chi connectivity index (χ3v) is 6.07. The Labute approximate surface area is 225 Å². The summed E-state index contributed by atoms with van der Waals surface area (Å²) in [5.41, 5.74) is 1.80. The van der Waals surface area contributed by atoms with E-state index in [1.54, 1.807) is 49.1 Å². The molecule has 0 aromatic heterocycles. The van der Waals surface area contributed by atoms with Gasteiger partial charge in [0, 0.05) is 23.5 Å². The van der Waals surface area contributed by atoms with Crippen LogP contribution in [0.4, 0.5) is 17.1 Å². The Hall–Kier alpha value is -4.43. The third kappa shape index (κ3) is 5.45. The molecule has 1 N–H and O–H groups in total. The van der Waals surface area contributed by atoms with Gasteiger partial charge >= 0.3 is 5.97 Å². The number of imide groups is 1. The number of halogens is 1. The van der Waals surface area contributed by atoms with Gasteiger partial charge in [-0.05, 0) is 69.3 Å². The van der Waals surface area contributed by atoms with Crippen molar-refractivity contribution in [1.82, 2.24) is 0 Å². The van der Waals surface area contributed by atoms with Crippen LogP contribution in [0.3, 0.4) is 0 Å². The van der Waals surface area contributed by atoms with Crippen molar-refractivity contribution in [3.63, 3.8) is 0 Å². The van der Waals surface area contributed by atoms with E-state index in [-0.39, 0.29) is 34.0 Å². The van der Waals surface area contributed by atoms with Crippen LogP contribution in [0, 0.1) is 0 Å². The first-order valence-corrected chi connectivity index (χ1v) is 12.4. The number of nitrogens with zero attached hydrogens (tertiary/aromatic N) is 2. The average Bonchev–Trinajstić information content (AvgIpc) is 3.12. The molecule has 1 heterocycles. The van der Waals surface area contributed by atoms with E-state index in [2.05, 4.69) is 5.32 Å². The van der Waals surface area contributed by atoms with Crippen LogP contribution in [0.15, 0.2) is 89.6 Å². The SMILES string of the molecule is CCN(C(=O)c1cccc(NC2=C(Cl)C(=O)N(c3cccc(C(=O)OC(C)C)c3)C2=O)c1)c1ccccc1. The van der Waals surface area contributed by atoms with Crippen LogP contribution in [0.2, 0.25) is 0 Å². The third-order valence-electron chi connectivity index (χ3n) is 5.72. The van der Waals surface area contributed by atoms with Crippen LogP contribution in [0.1, 0.15) is 41.5 Å². The van der Waals surface area contributed by atoms with Crippen molar-refractivity contribution in [2.45, 2.75) is 26.9 Å². The molecule has 1 aliphatic heterocycles. The number of nitrogens with one attached hydrogen (secondary N) is 1. The number of para-hydroxylation sites is 1. The van der Waals surface area contributed by atoms with E-state index in [4.69, 9.17) is 16.3 Å². The van der Waals surface area contributed by atoms with Gasteiger partial charge in [0.2, 0.25) is 0 Å². The van der Waals surface area contributed by atoms with Crippen LogP contribution in [0.5, 0.6) is 0 Å². The number of rotatable bonds is 8. The number of hydrogen-bond acceptors (Lipinski definition) is 6. The van der Waals surface area contributed by atoms with E-state index in [0.29, 0.717) is 17.8 Å². The van der Waals surface area contributed by atoms with Gasteiger partial charge < -0.3 is 15.0 Å². The quantitative estimate of drug-likeness (QED) is 0.311. The summed E-state index contributed by atoms with van der Waals surface area (Å²) in [4.78, 5) is 54.3. The van der Waals surface area contributed by atoms with Gasteiger partial charge in [-0.2, -0.15) is 0 Å². The summed E-state index contributed by atoms with van der Waals surface area (Å²) in [5, 5.41) is 2.59. The Morgan fingerprint density at radius 1 is 0.921 bits per heavy atom. The molecule has 0 fully saturated rings. The number of esters is 1. The highest BCUT2D eigenvalue weighted by molar-refractivity contribution is 6.53. The first kappa shape index (κ1) is 26.6. The second-order valence-electron chi connectivity index (χ2n) is 8.73. The second kappa shape index (κ2) is 11.3. The molecule has 0 radical (unpaired) electrons. The van der Waals surface area contributed by atoms with E-state index >= 15 is 0 Å². The number of ether oxygens (including phenoxy) is 1. The monoisotopic (exact) mass is 531 g/mol. The zero-order valence-electron chi connectivity index (χ0n) is 21.1. The molecule has 0 saturated carbocycles. The first-order valence-electron chi connectivity index (χ1n) is 12.0. The van der Waals surface area contributed by atoms with Crippen LogP contribution >= 0.6 is 11.6 Å². The molecule has 0 spiro atoms. The largest absolute Gasteiger partial charge is 0.459 e. The number of amides is 3. The topological polar surface area (TPSA) is 96.0 Å². The molecule has 0 bridgehead atoms.